The number of nitrogens with zero attached hydrogens (tertiary/aromatic N) is 2. The van der Waals surface area contributed by atoms with Gasteiger partial charge in [-0.3, -0.25) is 9.59 Å². The number of carbonyl (C=O) groups is 2. The first-order valence-corrected chi connectivity index (χ1v) is 8.36. The third-order valence-corrected chi connectivity index (χ3v) is 5.07. The standard InChI is InChI=1S/C17H22ClN3O2/c1-12-3-4-13(18)11-14(12)19-15(22)17(5-6-17)16(23)21-9-7-20(2)8-10-21/h3-4,11H,5-10H2,1-2H3,(H,19,22). The molecule has 1 heterocycles. The first-order valence-electron chi connectivity index (χ1n) is 7.98. The second kappa shape index (κ2) is 6.13. The van der Waals surface area contributed by atoms with Gasteiger partial charge in [0.25, 0.3) is 0 Å². The van der Waals surface area contributed by atoms with E-state index in [0.29, 0.717) is 36.6 Å². The minimum absolute atomic E-state index is 0.0252. The van der Waals surface area contributed by atoms with E-state index in [1.807, 2.05) is 24.9 Å². The molecule has 6 heteroatoms. The van der Waals surface area contributed by atoms with Crippen molar-refractivity contribution in [3.8, 4) is 0 Å². The normalized spacial score (nSPS) is 20.2. The lowest BCUT2D eigenvalue weighted by atomic mass is 10.0. The molecule has 2 amide bonds. The van der Waals surface area contributed by atoms with Crippen molar-refractivity contribution in [2.24, 2.45) is 5.41 Å². The maximum absolute atomic E-state index is 12.8. The van der Waals surface area contributed by atoms with Crippen molar-refractivity contribution in [1.82, 2.24) is 9.80 Å². The first-order chi connectivity index (χ1) is 10.9. The predicted octanol–water partition coefficient (Wildman–Crippen LogP) is 2.14. The van der Waals surface area contributed by atoms with E-state index >= 15 is 0 Å². The average Bonchev–Trinajstić information content (AvgIpc) is 3.33. The zero-order valence-corrected chi connectivity index (χ0v) is 14.3. The van der Waals surface area contributed by atoms with E-state index in [2.05, 4.69) is 10.2 Å². The van der Waals surface area contributed by atoms with Crippen LogP contribution in [-0.4, -0.2) is 54.8 Å². The van der Waals surface area contributed by atoms with Crippen LogP contribution in [-0.2, 0) is 9.59 Å². The summed E-state index contributed by atoms with van der Waals surface area (Å²) in [5.41, 5.74) is 0.746. The van der Waals surface area contributed by atoms with Gasteiger partial charge in [-0.1, -0.05) is 17.7 Å². The summed E-state index contributed by atoms with van der Waals surface area (Å²) in [7, 11) is 2.04. The van der Waals surface area contributed by atoms with Gasteiger partial charge in [-0.05, 0) is 44.5 Å². The maximum Gasteiger partial charge on any atom is 0.240 e. The molecule has 3 rings (SSSR count). The van der Waals surface area contributed by atoms with Gasteiger partial charge in [-0.15, -0.1) is 0 Å². The van der Waals surface area contributed by atoms with Crippen LogP contribution in [0.2, 0.25) is 5.02 Å². The summed E-state index contributed by atoms with van der Waals surface area (Å²) >= 11 is 6.00. The number of amides is 2. The quantitative estimate of drug-likeness (QED) is 0.861. The second-order valence-electron chi connectivity index (χ2n) is 6.59. The van der Waals surface area contributed by atoms with Crippen molar-refractivity contribution < 1.29 is 9.59 Å². The number of anilines is 1. The monoisotopic (exact) mass is 335 g/mol. The number of hydrogen-bond acceptors (Lipinski definition) is 3. The van der Waals surface area contributed by atoms with E-state index in [4.69, 9.17) is 11.6 Å². The Hall–Kier alpha value is -1.59. The van der Waals surface area contributed by atoms with Crippen molar-refractivity contribution in [1.29, 1.82) is 0 Å². The Morgan fingerprint density at radius 3 is 2.43 bits per heavy atom. The molecule has 1 aromatic rings. The van der Waals surface area contributed by atoms with Gasteiger partial charge < -0.3 is 15.1 Å². The largest absolute Gasteiger partial charge is 0.339 e. The number of nitrogens with one attached hydrogen (secondary N) is 1. The van der Waals surface area contributed by atoms with E-state index in [1.165, 1.54) is 0 Å². The van der Waals surface area contributed by atoms with E-state index in [1.54, 1.807) is 12.1 Å². The number of piperazine rings is 1. The highest BCUT2D eigenvalue weighted by atomic mass is 35.5. The predicted molar refractivity (Wildman–Crippen MR) is 90.6 cm³/mol. The van der Waals surface area contributed by atoms with Crippen molar-refractivity contribution in [3.63, 3.8) is 0 Å². The van der Waals surface area contributed by atoms with E-state index in [9.17, 15) is 9.59 Å². The summed E-state index contributed by atoms with van der Waals surface area (Å²) in [5.74, 6) is -0.227. The zero-order valence-electron chi connectivity index (χ0n) is 13.6. The van der Waals surface area contributed by atoms with Gasteiger partial charge >= 0.3 is 0 Å². The maximum atomic E-state index is 12.8. The van der Waals surface area contributed by atoms with E-state index in [-0.39, 0.29) is 11.8 Å². The number of likely N-dealkylation sites (N-methyl/N-ethyl adjacent to an activating group) is 1. The molecular formula is C17H22ClN3O2. The van der Waals surface area contributed by atoms with Crippen molar-refractivity contribution in [3.05, 3.63) is 28.8 Å². The first kappa shape index (κ1) is 16.3. The van der Waals surface area contributed by atoms with Crippen LogP contribution in [0.1, 0.15) is 18.4 Å². The summed E-state index contributed by atoms with van der Waals surface area (Å²) in [5, 5.41) is 3.47. The highest BCUT2D eigenvalue weighted by molar-refractivity contribution is 6.31. The highest BCUT2D eigenvalue weighted by Gasteiger charge is 2.58. The molecule has 124 valence electrons. The summed E-state index contributed by atoms with van der Waals surface area (Å²) < 4.78 is 0. The number of aryl methyl sites for hydroxylation is 1. The second-order valence-corrected chi connectivity index (χ2v) is 7.03. The van der Waals surface area contributed by atoms with Crippen LogP contribution in [0, 0.1) is 12.3 Å². The van der Waals surface area contributed by atoms with Crippen molar-refractivity contribution in [2.75, 3.05) is 38.5 Å². The minimum atomic E-state index is -0.870. The van der Waals surface area contributed by atoms with Crippen molar-refractivity contribution >= 4 is 29.1 Å². The van der Waals surface area contributed by atoms with Crippen LogP contribution in [0.15, 0.2) is 18.2 Å². The van der Waals surface area contributed by atoms with Gasteiger partial charge in [0.15, 0.2) is 0 Å². The van der Waals surface area contributed by atoms with Gasteiger partial charge in [-0.25, -0.2) is 0 Å². The molecule has 1 aliphatic heterocycles. The molecule has 0 atom stereocenters. The molecule has 0 radical (unpaired) electrons. The number of hydrogen-bond donors (Lipinski definition) is 1. The fraction of sp³-hybridized carbons (Fsp3) is 0.529. The molecule has 5 nitrogen and oxygen atoms in total. The van der Waals surface area contributed by atoms with Gasteiger partial charge in [0, 0.05) is 36.9 Å². The van der Waals surface area contributed by atoms with Gasteiger partial charge in [-0.2, -0.15) is 0 Å². The van der Waals surface area contributed by atoms with Crippen LogP contribution in [0.25, 0.3) is 0 Å². The smallest absolute Gasteiger partial charge is 0.240 e. The third kappa shape index (κ3) is 3.21. The fourth-order valence-corrected chi connectivity index (χ4v) is 3.12. The van der Waals surface area contributed by atoms with Gasteiger partial charge in [0.2, 0.25) is 11.8 Å². The lowest BCUT2D eigenvalue weighted by Crippen LogP contribution is -2.51. The molecule has 0 aromatic heterocycles. The molecule has 1 saturated heterocycles. The molecule has 1 N–H and O–H groups in total. The number of carbonyl (C=O) groups excluding carboxylic acids is 2. The Kier molecular flexibility index (Phi) is 4.34. The van der Waals surface area contributed by atoms with Gasteiger partial charge in [0.05, 0.1) is 0 Å². The molecule has 23 heavy (non-hydrogen) atoms. The molecule has 1 aliphatic carbocycles. The van der Waals surface area contributed by atoms with Crippen molar-refractivity contribution in [2.45, 2.75) is 19.8 Å². The number of benzene rings is 1. The minimum Gasteiger partial charge on any atom is -0.339 e. The van der Waals surface area contributed by atoms with Gasteiger partial charge in [0.1, 0.15) is 5.41 Å². The number of rotatable bonds is 3. The zero-order chi connectivity index (χ0) is 16.6. The molecule has 2 fully saturated rings. The Bertz CT molecular complexity index is 635. The molecule has 2 aliphatic rings. The average molecular weight is 336 g/mol. The summed E-state index contributed by atoms with van der Waals surface area (Å²) in [4.78, 5) is 29.5. The van der Waals surface area contributed by atoms with Crippen LogP contribution in [0.5, 0.6) is 0 Å². The summed E-state index contributed by atoms with van der Waals surface area (Å²) in [6.45, 7) is 5.02. The Morgan fingerprint density at radius 1 is 1.17 bits per heavy atom. The summed E-state index contributed by atoms with van der Waals surface area (Å²) in [6.07, 6.45) is 1.26. The Morgan fingerprint density at radius 2 is 1.83 bits per heavy atom. The van der Waals surface area contributed by atoms with E-state index in [0.717, 1.165) is 18.7 Å². The Balaban J connectivity index is 1.71. The van der Waals surface area contributed by atoms with Crippen LogP contribution in [0.3, 0.4) is 0 Å². The third-order valence-electron chi connectivity index (χ3n) is 4.83. The molecule has 1 saturated carbocycles. The lowest BCUT2D eigenvalue weighted by Gasteiger charge is -2.34. The molecule has 0 unspecified atom stereocenters. The SMILES string of the molecule is Cc1ccc(Cl)cc1NC(=O)C1(C(=O)N2CCN(C)CC2)CC1. The summed E-state index contributed by atoms with van der Waals surface area (Å²) in [6, 6.07) is 5.37. The fourth-order valence-electron chi connectivity index (χ4n) is 2.95. The van der Waals surface area contributed by atoms with Crippen LogP contribution < -0.4 is 5.32 Å². The van der Waals surface area contributed by atoms with E-state index < -0.39 is 5.41 Å². The molecule has 1 aromatic carbocycles. The Labute approximate surface area is 141 Å². The van der Waals surface area contributed by atoms with Crippen LogP contribution >= 0.6 is 11.6 Å². The molecule has 0 bridgehead atoms. The lowest BCUT2D eigenvalue weighted by molar-refractivity contribution is -0.143. The highest BCUT2D eigenvalue weighted by Crippen LogP contribution is 2.48. The number of halogens is 1. The van der Waals surface area contributed by atoms with Crippen LogP contribution in [0.4, 0.5) is 5.69 Å². The molecule has 0 spiro atoms. The molecular weight excluding hydrogens is 314 g/mol. The topological polar surface area (TPSA) is 52.7 Å².